The zero-order valence-electron chi connectivity index (χ0n) is 17.0. The molecule has 0 spiro atoms. The molecule has 0 saturated carbocycles. The molecular weight excluding hydrogens is 360 g/mol. The fourth-order valence-electron chi connectivity index (χ4n) is 3.56. The Balaban J connectivity index is 2.04. The van der Waals surface area contributed by atoms with Gasteiger partial charge in [-0.2, -0.15) is 0 Å². The zero-order valence-corrected chi connectivity index (χ0v) is 17.0. The lowest BCUT2D eigenvalue weighted by atomic mass is 9.83. The summed E-state index contributed by atoms with van der Waals surface area (Å²) in [5.74, 6) is 0.0659. The fraction of sp³-hybridized carbons (Fsp3) is 0.545. The molecule has 1 atom stereocenters. The molecule has 6 heteroatoms. The summed E-state index contributed by atoms with van der Waals surface area (Å²) >= 11 is 0. The first-order chi connectivity index (χ1) is 13.2. The Hall–Kier alpha value is -2.34. The topological polar surface area (TPSA) is 93.1 Å². The van der Waals surface area contributed by atoms with Gasteiger partial charge in [-0.15, -0.1) is 0 Å². The summed E-state index contributed by atoms with van der Waals surface area (Å²) in [6.45, 7) is 7.67. The van der Waals surface area contributed by atoms with E-state index in [0.29, 0.717) is 23.0 Å². The molecule has 1 unspecified atom stereocenters. The number of esters is 2. The van der Waals surface area contributed by atoms with E-state index in [2.05, 4.69) is 27.7 Å². The van der Waals surface area contributed by atoms with Gasteiger partial charge in [0, 0.05) is 18.4 Å². The van der Waals surface area contributed by atoms with Gasteiger partial charge < -0.3 is 19.7 Å². The molecule has 6 nitrogen and oxygen atoms in total. The number of hydrogen-bond acceptors (Lipinski definition) is 6. The second-order valence-electron chi connectivity index (χ2n) is 8.19. The van der Waals surface area contributed by atoms with Crippen molar-refractivity contribution in [2.24, 2.45) is 17.8 Å². The van der Waals surface area contributed by atoms with Gasteiger partial charge in [0.1, 0.15) is 12.4 Å². The number of hydrogen-bond donors (Lipinski definition) is 2. The van der Waals surface area contributed by atoms with E-state index in [4.69, 9.17) is 9.47 Å². The van der Waals surface area contributed by atoms with E-state index in [1.807, 2.05) is 0 Å². The summed E-state index contributed by atoms with van der Waals surface area (Å²) in [5, 5.41) is 19.4. The summed E-state index contributed by atoms with van der Waals surface area (Å²) in [7, 11) is 0. The molecule has 28 heavy (non-hydrogen) atoms. The van der Waals surface area contributed by atoms with Crippen molar-refractivity contribution in [2.45, 2.75) is 46.1 Å². The van der Waals surface area contributed by atoms with Gasteiger partial charge in [-0.25, -0.2) is 4.79 Å². The van der Waals surface area contributed by atoms with E-state index >= 15 is 0 Å². The molecule has 2 N–H and O–H groups in total. The third-order valence-corrected chi connectivity index (χ3v) is 5.19. The van der Waals surface area contributed by atoms with E-state index in [1.54, 1.807) is 18.2 Å². The van der Waals surface area contributed by atoms with Gasteiger partial charge in [0.15, 0.2) is 5.60 Å². The van der Waals surface area contributed by atoms with Crippen LogP contribution in [0.1, 0.15) is 46.1 Å². The molecule has 1 aromatic rings. The Morgan fingerprint density at radius 2 is 1.96 bits per heavy atom. The molecule has 154 valence electrons. The van der Waals surface area contributed by atoms with Crippen molar-refractivity contribution < 1.29 is 29.3 Å². The Morgan fingerprint density at radius 3 is 2.54 bits per heavy atom. The van der Waals surface area contributed by atoms with Crippen molar-refractivity contribution in [3.63, 3.8) is 0 Å². The molecule has 1 fully saturated rings. The average molecular weight is 390 g/mol. The van der Waals surface area contributed by atoms with Crippen molar-refractivity contribution in [3.8, 4) is 5.75 Å². The lowest BCUT2D eigenvalue weighted by Crippen LogP contribution is -2.39. The van der Waals surface area contributed by atoms with Crippen molar-refractivity contribution in [2.75, 3.05) is 13.2 Å². The number of rotatable bonds is 8. The highest BCUT2D eigenvalue weighted by molar-refractivity contribution is 5.96. The number of phenols is 1. The van der Waals surface area contributed by atoms with Gasteiger partial charge in [0.05, 0.1) is 6.61 Å². The molecule has 1 aliphatic rings. The first kappa shape index (κ1) is 22.0. The summed E-state index contributed by atoms with van der Waals surface area (Å²) in [4.78, 5) is 24.5. The van der Waals surface area contributed by atoms with Gasteiger partial charge in [-0.3, -0.25) is 4.79 Å². The van der Waals surface area contributed by atoms with E-state index in [-0.39, 0.29) is 37.1 Å². The highest BCUT2D eigenvalue weighted by atomic mass is 16.6. The molecule has 1 saturated heterocycles. The summed E-state index contributed by atoms with van der Waals surface area (Å²) in [5.41, 5.74) is -0.257. The zero-order chi connectivity index (χ0) is 20.9. The lowest BCUT2D eigenvalue weighted by Gasteiger charge is -2.26. The minimum atomic E-state index is -1.26. The predicted octanol–water partition coefficient (Wildman–Crippen LogP) is 3.32. The van der Waals surface area contributed by atoms with Crippen LogP contribution in [0.3, 0.4) is 0 Å². The molecule has 1 aliphatic heterocycles. The Kier molecular flexibility index (Phi) is 7.24. The van der Waals surface area contributed by atoms with Crippen molar-refractivity contribution >= 4 is 18.0 Å². The second kappa shape index (κ2) is 9.24. The van der Waals surface area contributed by atoms with E-state index in [1.165, 1.54) is 12.1 Å². The Morgan fingerprint density at radius 1 is 1.29 bits per heavy atom. The highest BCUT2D eigenvalue weighted by Gasteiger charge is 2.44. The number of carbonyl (C=O) groups is 2. The third-order valence-electron chi connectivity index (χ3n) is 5.19. The highest BCUT2D eigenvalue weighted by Crippen LogP contribution is 2.33. The molecule has 0 aliphatic carbocycles. The Bertz CT molecular complexity index is 728. The van der Waals surface area contributed by atoms with Crippen molar-refractivity contribution in [1.29, 1.82) is 0 Å². The average Bonchev–Trinajstić information content (AvgIpc) is 2.93. The van der Waals surface area contributed by atoms with Crippen LogP contribution in [0, 0.1) is 17.8 Å². The maximum absolute atomic E-state index is 12.3. The van der Waals surface area contributed by atoms with E-state index in [0.717, 1.165) is 0 Å². The quantitative estimate of drug-likeness (QED) is 0.522. The number of cyclic esters (lactones) is 1. The summed E-state index contributed by atoms with van der Waals surface area (Å²) < 4.78 is 10.7. The third kappa shape index (κ3) is 5.58. The van der Waals surface area contributed by atoms with Gasteiger partial charge in [0.2, 0.25) is 0 Å². The molecular formula is C22H30O6. The number of carbonyl (C=O) groups excluding carboxylic acids is 2. The fourth-order valence-corrected chi connectivity index (χ4v) is 3.56. The number of aliphatic hydroxyl groups is 1. The first-order valence-electron chi connectivity index (χ1n) is 9.65. The van der Waals surface area contributed by atoms with E-state index < -0.39 is 18.2 Å². The predicted molar refractivity (Wildman–Crippen MR) is 105 cm³/mol. The van der Waals surface area contributed by atoms with Gasteiger partial charge >= 0.3 is 11.9 Å². The molecule has 0 radical (unpaired) electrons. The second-order valence-corrected chi connectivity index (χ2v) is 8.19. The maximum atomic E-state index is 12.3. The van der Waals surface area contributed by atoms with Crippen LogP contribution < -0.4 is 0 Å². The van der Waals surface area contributed by atoms with E-state index in [9.17, 15) is 19.8 Å². The molecule has 0 aromatic heterocycles. The van der Waals surface area contributed by atoms with Crippen LogP contribution in [0.2, 0.25) is 0 Å². The molecule has 0 amide bonds. The van der Waals surface area contributed by atoms with Crippen molar-refractivity contribution in [1.82, 2.24) is 0 Å². The number of ether oxygens (including phenoxy) is 2. The minimum Gasteiger partial charge on any atom is -0.508 e. The lowest BCUT2D eigenvalue weighted by molar-refractivity contribution is -0.167. The van der Waals surface area contributed by atoms with Gasteiger partial charge in [-0.05, 0) is 41.5 Å². The molecule has 2 rings (SSSR count). The van der Waals surface area contributed by atoms with Gasteiger partial charge in [0.25, 0.3) is 0 Å². The minimum absolute atomic E-state index is 0.0907. The van der Waals surface area contributed by atoms with Crippen LogP contribution >= 0.6 is 0 Å². The largest absolute Gasteiger partial charge is 0.508 e. The Labute approximate surface area is 166 Å². The van der Waals surface area contributed by atoms with Crippen LogP contribution in [-0.2, 0) is 19.1 Å². The number of aliphatic hydroxyl groups excluding tert-OH is 1. The van der Waals surface area contributed by atoms with Crippen LogP contribution in [0.4, 0.5) is 0 Å². The van der Waals surface area contributed by atoms with Crippen LogP contribution in [0.15, 0.2) is 29.8 Å². The first-order valence-corrected chi connectivity index (χ1v) is 9.65. The normalized spacial score (nSPS) is 21.0. The number of phenolic OH excluding ortho intramolecular Hbond substituents is 1. The van der Waals surface area contributed by atoms with Crippen LogP contribution in [-0.4, -0.2) is 41.0 Å². The molecule has 0 bridgehead atoms. The smallest absolute Gasteiger partial charge is 0.334 e. The number of benzene rings is 1. The van der Waals surface area contributed by atoms with Gasteiger partial charge in [-0.1, -0.05) is 39.8 Å². The molecule has 1 heterocycles. The van der Waals surface area contributed by atoms with Crippen LogP contribution in [0.25, 0.3) is 6.08 Å². The summed E-state index contributed by atoms with van der Waals surface area (Å²) in [6, 6.07) is 6.48. The standard InChI is InChI=1S/C22H30O6/c1-14(2)19(15(3)4)10-20(25)27-13-22(12-23)11-17(21(26)28-22)8-16-6-5-7-18(24)9-16/h5-9,14-15,19,23-24H,10-13H2,1-4H3/b17-8+. The molecule has 1 aromatic carbocycles. The van der Waals surface area contributed by atoms with Crippen molar-refractivity contribution in [3.05, 3.63) is 35.4 Å². The van der Waals surface area contributed by atoms with Crippen LogP contribution in [0.5, 0.6) is 5.75 Å². The summed E-state index contributed by atoms with van der Waals surface area (Å²) in [6.07, 6.45) is 2.02. The number of aromatic hydroxyl groups is 1. The SMILES string of the molecule is CC(C)C(CC(=O)OCC1(CO)C/C(=C\c2cccc(O)c2)C(=O)O1)C(C)C. The monoisotopic (exact) mass is 390 g/mol. The maximum Gasteiger partial charge on any atom is 0.334 e.